The zero-order valence-electron chi connectivity index (χ0n) is 7.82. The summed E-state index contributed by atoms with van der Waals surface area (Å²) >= 11 is 3.46. The van der Waals surface area contributed by atoms with Crippen LogP contribution in [0.1, 0.15) is 33.6 Å². The van der Waals surface area contributed by atoms with Crippen LogP contribution in [0.5, 0.6) is 0 Å². The van der Waals surface area contributed by atoms with E-state index < -0.39 is 0 Å². The second-order valence-electron chi connectivity index (χ2n) is 3.70. The molecule has 0 fully saturated rings. The predicted octanol–water partition coefficient (Wildman–Crippen LogP) is 3.22. The maximum absolute atomic E-state index is 5.50. The number of hydrogen-bond acceptors (Lipinski definition) is 1. The van der Waals surface area contributed by atoms with E-state index in [-0.39, 0.29) is 5.41 Å². The highest BCUT2D eigenvalue weighted by atomic mass is 79.9. The highest BCUT2D eigenvalue weighted by molar-refractivity contribution is 9.09. The number of unbranched alkanes of at least 4 members (excludes halogenated alkanes) is 1. The van der Waals surface area contributed by atoms with Crippen molar-refractivity contribution in [3.8, 4) is 0 Å². The van der Waals surface area contributed by atoms with Crippen LogP contribution in [0.25, 0.3) is 0 Å². The smallest absolute Gasteiger partial charge is 0.0525 e. The third-order valence-corrected chi connectivity index (χ3v) is 3.01. The molecule has 0 aromatic carbocycles. The van der Waals surface area contributed by atoms with Crippen LogP contribution in [0.2, 0.25) is 0 Å². The van der Waals surface area contributed by atoms with Crippen molar-refractivity contribution < 1.29 is 4.74 Å². The Labute approximate surface area is 78.6 Å². The number of rotatable bonds is 6. The summed E-state index contributed by atoms with van der Waals surface area (Å²) in [5, 5.41) is 1.01. The number of halogens is 1. The van der Waals surface area contributed by atoms with E-state index in [0.29, 0.717) is 0 Å². The Bertz CT molecular complexity index is 91.6. The topological polar surface area (TPSA) is 9.23 Å². The van der Waals surface area contributed by atoms with Gasteiger partial charge in [0.05, 0.1) is 6.61 Å². The first-order chi connectivity index (χ1) is 5.12. The molecule has 0 spiro atoms. The molecule has 0 N–H and O–H groups in total. The lowest BCUT2D eigenvalue weighted by molar-refractivity contribution is 0.0721. The lowest BCUT2D eigenvalue weighted by atomic mass is 9.98. The number of hydrogen-bond donors (Lipinski definition) is 0. The molecule has 1 nitrogen and oxygen atoms in total. The summed E-state index contributed by atoms with van der Waals surface area (Å²) in [6, 6.07) is 0. The molecule has 68 valence electrons. The van der Waals surface area contributed by atoms with Gasteiger partial charge in [-0.15, -0.1) is 0 Å². The van der Waals surface area contributed by atoms with E-state index in [1.54, 1.807) is 0 Å². The summed E-state index contributed by atoms with van der Waals surface area (Å²) in [4.78, 5) is 0. The minimum Gasteiger partial charge on any atom is -0.381 e. The molecule has 0 amide bonds. The van der Waals surface area contributed by atoms with Gasteiger partial charge in [0.25, 0.3) is 0 Å². The molecule has 0 aromatic heterocycles. The van der Waals surface area contributed by atoms with Gasteiger partial charge in [0.1, 0.15) is 0 Å². The van der Waals surface area contributed by atoms with Crippen molar-refractivity contribution in [1.29, 1.82) is 0 Å². The summed E-state index contributed by atoms with van der Waals surface area (Å²) in [5.41, 5.74) is 0.285. The van der Waals surface area contributed by atoms with E-state index in [1.165, 1.54) is 12.8 Å². The number of ether oxygens (including phenoxy) is 1. The van der Waals surface area contributed by atoms with Crippen molar-refractivity contribution in [2.24, 2.45) is 5.41 Å². The highest BCUT2D eigenvalue weighted by Crippen LogP contribution is 2.18. The molecule has 0 aliphatic heterocycles. The summed E-state index contributed by atoms with van der Waals surface area (Å²) in [6.45, 7) is 8.35. The molecule has 0 radical (unpaired) electrons. The molecule has 0 saturated heterocycles. The van der Waals surface area contributed by atoms with Gasteiger partial charge in [-0.25, -0.2) is 0 Å². The summed E-state index contributed by atoms with van der Waals surface area (Å²) in [7, 11) is 0. The molecular weight excluding hydrogens is 204 g/mol. The largest absolute Gasteiger partial charge is 0.381 e. The first-order valence-electron chi connectivity index (χ1n) is 4.26. The van der Waals surface area contributed by atoms with Crippen molar-refractivity contribution in [2.45, 2.75) is 33.6 Å². The average Bonchev–Trinajstić information content (AvgIpc) is 1.99. The maximum Gasteiger partial charge on any atom is 0.0525 e. The first-order valence-corrected chi connectivity index (χ1v) is 5.38. The Morgan fingerprint density at radius 3 is 2.45 bits per heavy atom. The van der Waals surface area contributed by atoms with Crippen molar-refractivity contribution in [2.75, 3.05) is 18.5 Å². The van der Waals surface area contributed by atoms with Crippen LogP contribution in [0.15, 0.2) is 0 Å². The lowest BCUT2D eigenvalue weighted by Gasteiger charge is -2.20. The quantitative estimate of drug-likeness (QED) is 0.496. The van der Waals surface area contributed by atoms with E-state index in [2.05, 4.69) is 36.7 Å². The zero-order valence-corrected chi connectivity index (χ0v) is 9.41. The van der Waals surface area contributed by atoms with E-state index in [9.17, 15) is 0 Å². The van der Waals surface area contributed by atoms with Crippen LogP contribution >= 0.6 is 15.9 Å². The molecule has 0 bridgehead atoms. The fourth-order valence-electron chi connectivity index (χ4n) is 0.633. The van der Waals surface area contributed by atoms with Gasteiger partial charge in [0.15, 0.2) is 0 Å². The number of alkyl halides is 1. The highest BCUT2D eigenvalue weighted by Gasteiger charge is 2.15. The molecule has 0 aliphatic rings. The van der Waals surface area contributed by atoms with Gasteiger partial charge in [0.2, 0.25) is 0 Å². The van der Waals surface area contributed by atoms with E-state index in [0.717, 1.165) is 18.5 Å². The molecular formula is C9H19BrO. The first kappa shape index (κ1) is 11.4. The second-order valence-corrected chi connectivity index (χ2v) is 4.26. The van der Waals surface area contributed by atoms with Crippen LogP contribution in [0.3, 0.4) is 0 Å². The van der Waals surface area contributed by atoms with Gasteiger partial charge < -0.3 is 4.74 Å². The van der Waals surface area contributed by atoms with Gasteiger partial charge in [-0.1, -0.05) is 43.1 Å². The van der Waals surface area contributed by atoms with Crippen LogP contribution in [0, 0.1) is 5.41 Å². The summed E-state index contributed by atoms with van der Waals surface area (Å²) in [6.07, 6.45) is 2.40. The monoisotopic (exact) mass is 222 g/mol. The maximum atomic E-state index is 5.50. The van der Waals surface area contributed by atoms with Crippen LogP contribution < -0.4 is 0 Å². The fourth-order valence-corrected chi connectivity index (χ4v) is 0.795. The van der Waals surface area contributed by atoms with Crippen molar-refractivity contribution in [3.05, 3.63) is 0 Å². The predicted molar refractivity (Wildman–Crippen MR) is 53.3 cm³/mol. The summed E-state index contributed by atoms with van der Waals surface area (Å²) < 4.78 is 5.50. The van der Waals surface area contributed by atoms with Gasteiger partial charge >= 0.3 is 0 Å². The third kappa shape index (κ3) is 6.82. The average molecular weight is 223 g/mol. The summed E-state index contributed by atoms with van der Waals surface area (Å²) in [5.74, 6) is 0. The van der Waals surface area contributed by atoms with Gasteiger partial charge in [-0.3, -0.25) is 0 Å². The SMILES string of the molecule is CCCCOCC(C)(C)CBr. The minimum atomic E-state index is 0.285. The lowest BCUT2D eigenvalue weighted by Crippen LogP contribution is -2.21. The van der Waals surface area contributed by atoms with Crippen LogP contribution in [0.4, 0.5) is 0 Å². The molecule has 2 heteroatoms. The molecule has 0 atom stereocenters. The Kier molecular flexibility index (Phi) is 6.25. The third-order valence-electron chi connectivity index (χ3n) is 1.50. The van der Waals surface area contributed by atoms with E-state index in [4.69, 9.17) is 4.74 Å². The van der Waals surface area contributed by atoms with Crippen LogP contribution in [-0.2, 0) is 4.74 Å². The van der Waals surface area contributed by atoms with E-state index >= 15 is 0 Å². The normalized spacial score (nSPS) is 12.0. The molecule has 0 saturated carbocycles. The Hall–Kier alpha value is 0.440. The Balaban J connectivity index is 3.23. The molecule has 0 rings (SSSR count). The Morgan fingerprint density at radius 1 is 1.36 bits per heavy atom. The van der Waals surface area contributed by atoms with Crippen LogP contribution in [-0.4, -0.2) is 18.5 Å². The minimum absolute atomic E-state index is 0.285. The second kappa shape index (κ2) is 6.01. The van der Waals surface area contributed by atoms with Crippen molar-refractivity contribution in [3.63, 3.8) is 0 Å². The standard InChI is InChI=1S/C9H19BrO/c1-4-5-6-11-8-9(2,3)7-10/h4-8H2,1-3H3. The van der Waals surface area contributed by atoms with Crippen molar-refractivity contribution >= 4 is 15.9 Å². The molecule has 0 aliphatic carbocycles. The van der Waals surface area contributed by atoms with Gasteiger partial charge in [0, 0.05) is 11.9 Å². The Morgan fingerprint density at radius 2 is 2.00 bits per heavy atom. The molecule has 11 heavy (non-hydrogen) atoms. The van der Waals surface area contributed by atoms with Gasteiger partial charge in [-0.05, 0) is 11.8 Å². The molecule has 0 heterocycles. The molecule has 0 aromatic rings. The zero-order chi connectivity index (χ0) is 8.74. The molecule has 0 unspecified atom stereocenters. The van der Waals surface area contributed by atoms with Gasteiger partial charge in [-0.2, -0.15) is 0 Å². The fraction of sp³-hybridized carbons (Fsp3) is 1.00. The van der Waals surface area contributed by atoms with E-state index in [1.807, 2.05) is 0 Å². The van der Waals surface area contributed by atoms with Crippen molar-refractivity contribution in [1.82, 2.24) is 0 Å².